The molecule has 2 rings (SSSR count). The van der Waals surface area contributed by atoms with Crippen molar-refractivity contribution >= 4 is 23.8 Å². The van der Waals surface area contributed by atoms with Crippen LogP contribution in [-0.4, -0.2) is 37.4 Å². The summed E-state index contributed by atoms with van der Waals surface area (Å²) < 4.78 is 28.2. The summed E-state index contributed by atoms with van der Waals surface area (Å²) >= 11 is 0. The third-order valence-electron chi connectivity index (χ3n) is 6.11. The van der Waals surface area contributed by atoms with Crippen molar-refractivity contribution in [2.24, 2.45) is 10.8 Å². The lowest BCUT2D eigenvalue weighted by molar-refractivity contribution is -0.160. The molecule has 2 aromatic carbocycles. The molecule has 0 fully saturated rings. The second-order valence-electron chi connectivity index (χ2n) is 12.3. The Labute approximate surface area is 250 Å². The first-order chi connectivity index (χ1) is 19.6. The summed E-state index contributed by atoms with van der Waals surface area (Å²) in [6.45, 7) is 18.1. The van der Waals surface area contributed by atoms with Gasteiger partial charge in [0, 0.05) is 5.56 Å². The number of rotatable bonds is 13. The van der Waals surface area contributed by atoms with Crippen LogP contribution in [0.15, 0.2) is 36.4 Å². The Morgan fingerprint density at radius 3 is 1.74 bits per heavy atom. The van der Waals surface area contributed by atoms with Gasteiger partial charge in [0.25, 0.3) is 0 Å². The molecule has 42 heavy (non-hydrogen) atoms. The van der Waals surface area contributed by atoms with Crippen molar-refractivity contribution in [3.8, 4) is 17.2 Å². The van der Waals surface area contributed by atoms with Gasteiger partial charge in [-0.25, -0.2) is 0 Å². The van der Waals surface area contributed by atoms with Crippen molar-refractivity contribution < 1.29 is 38.1 Å². The predicted octanol–water partition coefficient (Wildman–Crippen LogP) is 7.35. The number of carbonyl (C=O) groups excluding carboxylic acids is 3. The molecule has 0 bridgehead atoms. The van der Waals surface area contributed by atoms with Crippen molar-refractivity contribution in [2.75, 3.05) is 13.6 Å². The number of hydrogen-bond acceptors (Lipinski definition) is 8. The molecule has 0 N–H and O–H groups in total. The summed E-state index contributed by atoms with van der Waals surface area (Å²) in [4.78, 5) is 37.4. The van der Waals surface area contributed by atoms with E-state index < -0.39 is 10.8 Å². The van der Waals surface area contributed by atoms with Crippen molar-refractivity contribution in [1.82, 2.24) is 0 Å². The highest BCUT2D eigenvalue weighted by molar-refractivity contribution is 6.07. The van der Waals surface area contributed by atoms with E-state index in [4.69, 9.17) is 23.7 Å². The molecule has 0 saturated carbocycles. The molecule has 8 nitrogen and oxygen atoms in total. The average molecular weight is 583 g/mol. The lowest BCUT2D eigenvalue weighted by Crippen LogP contribution is -2.25. The lowest BCUT2D eigenvalue weighted by Gasteiger charge is -2.23. The lowest BCUT2D eigenvalue weighted by atomic mass is 9.97. The van der Waals surface area contributed by atoms with E-state index in [9.17, 15) is 14.4 Å². The minimum absolute atomic E-state index is 0.118. The number of allylic oxidation sites excluding steroid dienone is 1. The largest absolute Gasteiger partial charge is 0.490 e. The van der Waals surface area contributed by atoms with Crippen LogP contribution in [0.25, 0.3) is 6.08 Å². The summed E-state index contributed by atoms with van der Waals surface area (Å²) in [5, 5.41) is 0. The molecule has 8 heteroatoms. The molecule has 230 valence electrons. The minimum Gasteiger partial charge on any atom is -0.490 e. The van der Waals surface area contributed by atoms with Gasteiger partial charge in [-0.15, -0.1) is 0 Å². The maximum atomic E-state index is 13.2. The average Bonchev–Trinajstić information content (AvgIpc) is 2.91. The van der Waals surface area contributed by atoms with Crippen molar-refractivity contribution in [3.05, 3.63) is 58.7 Å². The number of carbonyl (C=O) groups is 3. The van der Waals surface area contributed by atoms with E-state index in [0.717, 1.165) is 17.5 Å². The van der Waals surface area contributed by atoms with Gasteiger partial charge in [0.15, 0.2) is 5.78 Å². The van der Waals surface area contributed by atoms with Gasteiger partial charge < -0.3 is 23.7 Å². The molecule has 0 aliphatic rings. The first kappa shape index (κ1) is 34.4. The number of ether oxygens (including phenoxy) is 5. The van der Waals surface area contributed by atoms with Crippen LogP contribution in [0.3, 0.4) is 0 Å². The van der Waals surface area contributed by atoms with E-state index in [0.29, 0.717) is 34.8 Å². The fourth-order valence-corrected chi connectivity index (χ4v) is 3.71. The van der Waals surface area contributed by atoms with Gasteiger partial charge in [-0.05, 0) is 122 Å². The number of benzene rings is 2. The maximum absolute atomic E-state index is 13.2. The summed E-state index contributed by atoms with van der Waals surface area (Å²) in [7, 11) is 0. The van der Waals surface area contributed by atoms with E-state index in [1.807, 2.05) is 33.8 Å². The Hall–Kier alpha value is -3.81. The van der Waals surface area contributed by atoms with Crippen LogP contribution >= 0.6 is 0 Å². The standard InChI is InChI=1S/C34H46O8/c1-11-23-19-24(12-2)30(42-22(3)4)27(29(23)39-21-41-32(37)34(8,9)10)17-18-28(35)25-13-15-26(16-14-25)38-20-40-31(36)33(5,6)7/h13-19,22H,11-12,20-21H2,1-10H3. The fourth-order valence-electron chi connectivity index (χ4n) is 3.71. The summed E-state index contributed by atoms with van der Waals surface area (Å²) in [6.07, 6.45) is 4.42. The molecule has 0 amide bonds. The summed E-state index contributed by atoms with van der Waals surface area (Å²) in [5.74, 6) is 0.615. The molecular weight excluding hydrogens is 536 g/mol. The highest BCUT2D eigenvalue weighted by Crippen LogP contribution is 2.39. The molecule has 0 aromatic heterocycles. The molecular formula is C34H46O8. The molecule has 0 heterocycles. The molecule has 2 aromatic rings. The van der Waals surface area contributed by atoms with Gasteiger partial charge in [0.05, 0.1) is 22.5 Å². The Bertz CT molecular complexity index is 1260. The topological polar surface area (TPSA) is 97.4 Å². The quantitative estimate of drug-likeness (QED) is 0.105. The van der Waals surface area contributed by atoms with E-state index in [2.05, 4.69) is 0 Å². The third-order valence-corrected chi connectivity index (χ3v) is 6.11. The van der Waals surface area contributed by atoms with Gasteiger partial charge in [-0.1, -0.05) is 13.8 Å². The maximum Gasteiger partial charge on any atom is 0.314 e. The summed E-state index contributed by atoms with van der Waals surface area (Å²) in [6, 6.07) is 8.61. The Balaban J connectivity index is 2.34. The zero-order chi connectivity index (χ0) is 31.7. The molecule has 0 saturated heterocycles. The smallest absolute Gasteiger partial charge is 0.314 e. The van der Waals surface area contributed by atoms with Crippen molar-refractivity contribution in [3.63, 3.8) is 0 Å². The van der Waals surface area contributed by atoms with Gasteiger partial charge in [-0.2, -0.15) is 0 Å². The molecule has 0 spiro atoms. The van der Waals surface area contributed by atoms with Gasteiger partial charge in [0.1, 0.15) is 17.2 Å². The normalized spacial score (nSPS) is 11.9. The third kappa shape index (κ3) is 9.93. The molecule has 0 radical (unpaired) electrons. The zero-order valence-electron chi connectivity index (χ0n) is 26.7. The minimum atomic E-state index is -0.665. The molecule has 0 aliphatic heterocycles. The number of hydrogen-bond donors (Lipinski definition) is 0. The monoisotopic (exact) mass is 582 g/mol. The van der Waals surface area contributed by atoms with Crippen LogP contribution in [0.2, 0.25) is 0 Å². The second kappa shape index (κ2) is 14.9. The van der Waals surface area contributed by atoms with Crippen LogP contribution < -0.4 is 14.2 Å². The molecule has 0 atom stereocenters. The van der Waals surface area contributed by atoms with Crippen LogP contribution in [0.4, 0.5) is 0 Å². The number of esters is 2. The zero-order valence-corrected chi connectivity index (χ0v) is 26.7. The van der Waals surface area contributed by atoms with E-state index in [1.54, 1.807) is 71.9 Å². The molecule has 0 aliphatic carbocycles. The van der Waals surface area contributed by atoms with Crippen LogP contribution in [0, 0.1) is 10.8 Å². The summed E-state index contributed by atoms with van der Waals surface area (Å²) in [5.41, 5.74) is 1.67. The second-order valence-corrected chi connectivity index (χ2v) is 12.3. The van der Waals surface area contributed by atoms with E-state index in [1.165, 1.54) is 6.08 Å². The Morgan fingerprint density at radius 1 is 0.762 bits per heavy atom. The van der Waals surface area contributed by atoms with Crippen molar-refractivity contribution in [1.29, 1.82) is 0 Å². The van der Waals surface area contributed by atoms with Crippen LogP contribution in [0.1, 0.15) is 96.3 Å². The Kier molecular flexibility index (Phi) is 12.2. The Morgan fingerprint density at radius 2 is 1.26 bits per heavy atom. The fraction of sp³-hybridized carbons (Fsp3) is 0.500. The van der Waals surface area contributed by atoms with Gasteiger partial charge >= 0.3 is 11.9 Å². The van der Waals surface area contributed by atoms with Crippen molar-refractivity contribution in [2.45, 2.75) is 88.2 Å². The number of aryl methyl sites for hydroxylation is 2. The van der Waals surface area contributed by atoms with E-state index >= 15 is 0 Å². The highest BCUT2D eigenvalue weighted by Gasteiger charge is 2.25. The van der Waals surface area contributed by atoms with Crippen LogP contribution in [-0.2, 0) is 31.9 Å². The van der Waals surface area contributed by atoms with Gasteiger partial charge in [-0.3, -0.25) is 14.4 Å². The first-order valence-electron chi connectivity index (χ1n) is 14.4. The molecule has 0 unspecified atom stereocenters. The van der Waals surface area contributed by atoms with Gasteiger partial charge in [0.2, 0.25) is 13.6 Å². The number of ketones is 1. The first-order valence-corrected chi connectivity index (χ1v) is 14.4. The van der Waals surface area contributed by atoms with Crippen LogP contribution in [0.5, 0.6) is 17.2 Å². The predicted molar refractivity (Wildman–Crippen MR) is 163 cm³/mol. The SMILES string of the molecule is CCc1cc(CC)c(OC(C)C)c(C=CC(=O)c2ccc(OCOC(=O)C(C)(C)C)cc2)c1OCOC(=O)C(C)(C)C. The van der Waals surface area contributed by atoms with E-state index in [-0.39, 0.29) is 37.4 Å². The highest BCUT2D eigenvalue weighted by atomic mass is 16.7.